The van der Waals surface area contributed by atoms with Crippen molar-refractivity contribution in [2.45, 2.75) is 12.5 Å². The molecule has 0 aliphatic carbocycles. The van der Waals surface area contributed by atoms with E-state index >= 15 is 0 Å². The lowest BCUT2D eigenvalue weighted by Gasteiger charge is -2.19. The van der Waals surface area contributed by atoms with Crippen molar-refractivity contribution >= 4 is 15.9 Å². The molecular weight excluding hydrogens is 334 g/mol. The summed E-state index contributed by atoms with van der Waals surface area (Å²) in [6, 6.07) is 9.44. The van der Waals surface area contributed by atoms with Crippen LogP contribution < -0.4 is 20.7 Å². The predicted molar refractivity (Wildman–Crippen MR) is 85.3 cm³/mol. The predicted octanol–water partition coefficient (Wildman–Crippen LogP) is 2.61. The van der Waals surface area contributed by atoms with Crippen LogP contribution in [0.1, 0.15) is 17.3 Å². The highest BCUT2D eigenvalue weighted by Gasteiger charge is 2.17. The average molecular weight is 352 g/mol. The first kappa shape index (κ1) is 15.8. The van der Waals surface area contributed by atoms with Crippen LogP contribution in [0, 0.1) is 0 Å². The van der Waals surface area contributed by atoms with Gasteiger partial charge in [-0.3, -0.25) is 16.3 Å². The number of benzene rings is 1. The number of ether oxygens (including phenoxy) is 2. The van der Waals surface area contributed by atoms with Gasteiger partial charge in [0.2, 0.25) is 0 Å². The average Bonchev–Trinajstić information content (AvgIpc) is 2.53. The lowest BCUT2D eigenvalue weighted by Crippen LogP contribution is -2.30. The molecule has 2 rings (SSSR count). The molecule has 0 aliphatic rings. The molecule has 0 spiro atoms. The molecule has 2 aromatic rings. The number of hydrazine groups is 1. The molecule has 0 saturated carbocycles. The summed E-state index contributed by atoms with van der Waals surface area (Å²) in [5, 5.41) is 0. The van der Waals surface area contributed by atoms with Gasteiger partial charge in [0.1, 0.15) is 11.5 Å². The van der Waals surface area contributed by atoms with Crippen LogP contribution >= 0.6 is 15.9 Å². The quantitative estimate of drug-likeness (QED) is 0.618. The maximum atomic E-state index is 5.71. The number of aromatic nitrogens is 1. The van der Waals surface area contributed by atoms with E-state index in [0.717, 1.165) is 27.2 Å². The van der Waals surface area contributed by atoms with Crippen LogP contribution in [0.4, 0.5) is 0 Å². The van der Waals surface area contributed by atoms with E-state index in [0.29, 0.717) is 6.42 Å². The van der Waals surface area contributed by atoms with Gasteiger partial charge in [0.05, 0.1) is 20.3 Å². The first-order valence-electron chi connectivity index (χ1n) is 6.46. The van der Waals surface area contributed by atoms with Gasteiger partial charge in [0.25, 0.3) is 0 Å². The van der Waals surface area contributed by atoms with Crippen LogP contribution in [0.2, 0.25) is 0 Å². The maximum Gasteiger partial charge on any atom is 0.123 e. The number of nitrogens with zero attached hydrogens (tertiary/aromatic N) is 1. The number of nitrogens with two attached hydrogens (primary N) is 1. The Hall–Kier alpha value is -1.63. The van der Waals surface area contributed by atoms with E-state index in [9.17, 15) is 0 Å². The molecule has 0 radical (unpaired) electrons. The van der Waals surface area contributed by atoms with Gasteiger partial charge >= 0.3 is 0 Å². The molecule has 112 valence electrons. The first-order chi connectivity index (χ1) is 10.2. The Kier molecular flexibility index (Phi) is 5.55. The van der Waals surface area contributed by atoms with Crippen molar-refractivity contribution in [1.82, 2.24) is 10.4 Å². The van der Waals surface area contributed by atoms with Gasteiger partial charge in [0.15, 0.2) is 0 Å². The number of rotatable bonds is 6. The van der Waals surface area contributed by atoms with E-state index in [2.05, 4.69) is 26.3 Å². The highest BCUT2D eigenvalue weighted by molar-refractivity contribution is 9.10. The van der Waals surface area contributed by atoms with Crippen molar-refractivity contribution in [2.75, 3.05) is 14.2 Å². The smallest absolute Gasteiger partial charge is 0.123 e. The zero-order valence-corrected chi connectivity index (χ0v) is 13.6. The van der Waals surface area contributed by atoms with Crippen molar-refractivity contribution in [2.24, 2.45) is 5.84 Å². The minimum atomic E-state index is -0.122. The Bertz CT molecular complexity index is 590. The van der Waals surface area contributed by atoms with E-state index in [-0.39, 0.29) is 6.04 Å². The fourth-order valence-corrected chi connectivity index (χ4v) is 2.34. The highest BCUT2D eigenvalue weighted by Crippen LogP contribution is 2.30. The van der Waals surface area contributed by atoms with Gasteiger partial charge in [-0.2, -0.15) is 0 Å². The van der Waals surface area contributed by atoms with E-state index in [1.807, 2.05) is 30.3 Å². The second-order valence-electron chi connectivity index (χ2n) is 4.50. The number of halogens is 1. The number of nitrogens with one attached hydrogen (secondary N) is 1. The third-order valence-electron chi connectivity index (χ3n) is 3.22. The fraction of sp³-hybridized carbons (Fsp3) is 0.267. The van der Waals surface area contributed by atoms with Gasteiger partial charge in [-0.15, -0.1) is 0 Å². The van der Waals surface area contributed by atoms with Gasteiger partial charge in [0, 0.05) is 28.3 Å². The molecule has 0 bridgehead atoms. The van der Waals surface area contributed by atoms with Crippen LogP contribution in [0.25, 0.3) is 0 Å². The van der Waals surface area contributed by atoms with Crippen molar-refractivity contribution in [1.29, 1.82) is 0 Å². The standard InChI is InChI=1S/C15H18BrN3O2/c1-20-12-5-6-15(21-2)13(8-12)14(19-17)7-11-4-3-10(16)9-18-11/h3-6,8-9,14,19H,7,17H2,1-2H3. The maximum absolute atomic E-state index is 5.71. The van der Waals surface area contributed by atoms with Crippen LogP contribution in [-0.4, -0.2) is 19.2 Å². The fourth-order valence-electron chi connectivity index (χ4n) is 2.11. The summed E-state index contributed by atoms with van der Waals surface area (Å²) in [5.74, 6) is 7.23. The molecule has 1 aromatic carbocycles. The van der Waals surface area contributed by atoms with Crippen LogP contribution in [0.15, 0.2) is 41.0 Å². The Morgan fingerprint density at radius 2 is 2.05 bits per heavy atom. The molecule has 0 aliphatic heterocycles. The first-order valence-corrected chi connectivity index (χ1v) is 7.25. The van der Waals surface area contributed by atoms with Crippen molar-refractivity contribution in [3.8, 4) is 11.5 Å². The van der Waals surface area contributed by atoms with E-state index in [1.165, 1.54) is 0 Å². The van der Waals surface area contributed by atoms with Crippen LogP contribution in [-0.2, 0) is 6.42 Å². The van der Waals surface area contributed by atoms with Crippen LogP contribution in [0.3, 0.4) is 0 Å². The van der Waals surface area contributed by atoms with E-state index in [1.54, 1.807) is 20.4 Å². The number of hydrogen-bond acceptors (Lipinski definition) is 5. The van der Waals surface area contributed by atoms with Crippen molar-refractivity contribution in [3.05, 3.63) is 52.3 Å². The SMILES string of the molecule is COc1ccc(OC)c(C(Cc2ccc(Br)cn2)NN)c1. The molecule has 0 saturated heterocycles. The minimum Gasteiger partial charge on any atom is -0.497 e. The Morgan fingerprint density at radius 1 is 1.24 bits per heavy atom. The molecule has 0 amide bonds. The topological polar surface area (TPSA) is 69.4 Å². The zero-order chi connectivity index (χ0) is 15.2. The third-order valence-corrected chi connectivity index (χ3v) is 3.68. The molecule has 1 atom stereocenters. The molecule has 3 N–H and O–H groups in total. The summed E-state index contributed by atoms with van der Waals surface area (Å²) in [5.41, 5.74) is 4.69. The Labute approximate surface area is 132 Å². The number of pyridine rings is 1. The van der Waals surface area contributed by atoms with Gasteiger partial charge < -0.3 is 9.47 Å². The summed E-state index contributed by atoms with van der Waals surface area (Å²) in [4.78, 5) is 4.38. The highest BCUT2D eigenvalue weighted by atomic mass is 79.9. The van der Waals surface area contributed by atoms with Crippen LogP contribution in [0.5, 0.6) is 11.5 Å². The molecule has 1 heterocycles. The normalized spacial score (nSPS) is 12.0. The molecule has 5 nitrogen and oxygen atoms in total. The van der Waals surface area contributed by atoms with E-state index < -0.39 is 0 Å². The van der Waals surface area contributed by atoms with Gasteiger partial charge in [-0.1, -0.05) is 0 Å². The Morgan fingerprint density at radius 3 is 2.62 bits per heavy atom. The Balaban J connectivity index is 2.29. The lowest BCUT2D eigenvalue weighted by molar-refractivity contribution is 0.389. The van der Waals surface area contributed by atoms with Gasteiger partial charge in [-0.05, 0) is 46.3 Å². The molecular formula is C15H18BrN3O2. The second kappa shape index (κ2) is 7.40. The minimum absolute atomic E-state index is 0.122. The van der Waals surface area contributed by atoms with Gasteiger partial charge in [-0.25, -0.2) is 0 Å². The molecule has 1 unspecified atom stereocenters. The summed E-state index contributed by atoms with van der Waals surface area (Å²) in [6.45, 7) is 0. The summed E-state index contributed by atoms with van der Waals surface area (Å²) < 4.78 is 11.6. The summed E-state index contributed by atoms with van der Waals surface area (Å²) >= 11 is 3.38. The molecule has 6 heteroatoms. The second-order valence-corrected chi connectivity index (χ2v) is 5.41. The van der Waals surface area contributed by atoms with Crippen molar-refractivity contribution < 1.29 is 9.47 Å². The number of hydrogen-bond donors (Lipinski definition) is 2. The zero-order valence-electron chi connectivity index (χ0n) is 12.0. The molecule has 21 heavy (non-hydrogen) atoms. The monoisotopic (exact) mass is 351 g/mol. The third kappa shape index (κ3) is 3.93. The number of methoxy groups -OCH3 is 2. The summed E-state index contributed by atoms with van der Waals surface area (Å²) in [6.07, 6.45) is 2.42. The van der Waals surface area contributed by atoms with E-state index in [4.69, 9.17) is 15.3 Å². The molecule has 0 fully saturated rings. The van der Waals surface area contributed by atoms with Crippen molar-refractivity contribution in [3.63, 3.8) is 0 Å². The molecule has 1 aromatic heterocycles. The summed E-state index contributed by atoms with van der Waals surface area (Å²) in [7, 11) is 3.27. The lowest BCUT2D eigenvalue weighted by atomic mass is 10.0. The largest absolute Gasteiger partial charge is 0.497 e.